The molecule has 3 nitrogen and oxygen atoms in total. The topological polar surface area (TPSA) is 46.0 Å². The maximum atomic E-state index is 10.5. The van der Waals surface area contributed by atoms with E-state index in [0.29, 0.717) is 0 Å². The quantitative estimate of drug-likeness (QED) is 0.776. The van der Waals surface area contributed by atoms with Gasteiger partial charge in [-0.15, -0.1) is 11.3 Å². The average Bonchev–Trinajstić information content (AvgIpc) is 2.76. The Morgan fingerprint density at radius 1 is 1.21 bits per heavy atom. The Bertz CT molecular complexity index is 736. The van der Waals surface area contributed by atoms with Gasteiger partial charge in [-0.1, -0.05) is 12.1 Å². The van der Waals surface area contributed by atoms with E-state index >= 15 is 0 Å². The molecule has 2 aromatic heterocycles. The summed E-state index contributed by atoms with van der Waals surface area (Å²) in [5, 5.41) is 12.5. The third-order valence-electron chi connectivity index (χ3n) is 3.13. The second kappa shape index (κ2) is 4.72. The molecule has 4 heteroatoms. The molecule has 2 heterocycles. The average molecular weight is 270 g/mol. The number of aliphatic hydroxyl groups is 1. The van der Waals surface area contributed by atoms with Gasteiger partial charge in [0, 0.05) is 11.6 Å². The number of thiazole rings is 1. The van der Waals surface area contributed by atoms with E-state index in [1.54, 1.807) is 17.5 Å². The third-order valence-corrected chi connectivity index (χ3v) is 4.26. The van der Waals surface area contributed by atoms with E-state index in [9.17, 15) is 5.11 Å². The summed E-state index contributed by atoms with van der Waals surface area (Å²) >= 11 is 1.55. The van der Waals surface area contributed by atoms with Crippen LogP contribution in [-0.4, -0.2) is 15.1 Å². The number of rotatable bonds is 2. The highest BCUT2D eigenvalue weighted by molar-refractivity contribution is 7.11. The Hall–Kier alpha value is -1.78. The highest BCUT2D eigenvalue weighted by atomic mass is 32.1. The SMILES string of the molecule is Cc1nc(C)c(C(O)c2ccc3ncccc3c2)s1. The van der Waals surface area contributed by atoms with Gasteiger partial charge in [0.05, 0.1) is 21.1 Å². The smallest absolute Gasteiger partial charge is 0.115 e. The zero-order valence-corrected chi connectivity index (χ0v) is 11.6. The van der Waals surface area contributed by atoms with Crippen molar-refractivity contribution in [3.8, 4) is 0 Å². The number of pyridine rings is 1. The van der Waals surface area contributed by atoms with Crippen LogP contribution in [-0.2, 0) is 0 Å². The molecule has 0 saturated carbocycles. The number of hydrogen-bond donors (Lipinski definition) is 1. The lowest BCUT2D eigenvalue weighted by Crippen LogP contribution is -1.99. The summed E-state index contributed by atoms with van der Waals surface area (Å²) in [7, 11) is 0. The van der Waals surface area contributed by atoms with Crippen LogP contribution in [0.5, 0.6) is 0 Å². The van der Waals surface area contributed by atoms with Crippen molar-refractivity contribution in [2.75, 3.05) is 0 Å². The molecule has 0 bridgehead atoms. The fourth-order valence-corrected chi connectivity index (χ4v) is 3.16. The lowest BCUT2D eigenvalue weighted by Gasteiger charge is -2.10. The maximum Gasteiger partial charge on any atom is 0.115 e. The summed E-state index contributed by atoms with van der Waals surface area (Å²) in [5.41, 5.74) is 2.73. The first kappa shape index (κ1) is 12.3. The Morgan fingerprint density at radius 2 is 2.05 bits per heavy atom. The van der Waals surface area contributed by atoms with Crippen molar-refractivity contribution < 1.29 is 5.11 Å². The largest absolute Gasteiger partial charge is 0.383 e. The third kappa shape index (κ3) is 2.25. The van der Waals surface area contributed by atoms with Crippen molar-refractivity contribution in [1.82, 2.24) is 9.97 Å². The number of aliphatic hydroxyl groups excluding tert-OH is 1. The molecular formula is C15H14N2OS. The van der Waals surface area contributed by atoms with Gasteiger partial charge in [0.1, 0.15) is 6.10 Å². The lowest BCUT2D eigenvalue weighted by molar-refractivity contribution is 0.223. The minimum Gasteiger partial charge on any atom is -0.383 e. The number of aryl methyl sites for hydroxylation is 2. The van der Waals surface area contributed by atoms with E-state index in [2.05, 4.69) is 9.97 Å². The number of nitrogens with zero attached hydrogens (tertiary/aromatic N) is 2. The van der Waals surface area contributed by atoms with Gasteiger partial charge in [0.15, 0.2) is 0 Å². The van der Waals surface area contributed by atoms with Crippen LogP contribution in [0.3, 0.4) is 0 Å². The van der Waals surface area contributed by atoms with E-state index in [1.165, 1.54) is 0 Å². The molecule has 19 heavy (non-hydrogen) atoms. The van der Waals surface area contributed by atoms with Gasteiger partial charge >= 0.3 is 0 Å². The van der Waals surface area contributed by atoms with Crippen molar-refractivity contribution >= 4 is 22.2 Å². The maximum absolute atomic E-state index is 10.5. The van der Waals surface area contributed by atoms with E-state index in [-0.39, 0.29) is 0 Å². The second-order valence-electron chi connectivity index (χ2n) is 4.54. The van der Waals surface area contributed by atoms with Gasteiger partial charge in [-0.2, -0.15) is 0 Å². The van der Waals surface area contributed by atoms with Crippen LogP contribution in [0.25, 0.3) is 10.9 Å². The van der Waals surface area contributed by atoms with Gasteiger partial charge in [-0.05, 0) is 37.6 Å². The Balaban J connectivity index is 2.06. The minimum atomic E-state index is -0.615. The van der Waals surface area contributed by atoms with Crippen LogP contribution in [0, 0.1) is 13.8 Å². The van der Waals surface area contributed by atoms with Crippen molar-refractivity contribution in [3.63, 3.8) is 0 Å². The van der Waals surface area contributed by atoms with Gasteiger partial charge in [0.25, 0.3) is 0 Å². The number of aromatic nitrogens is 2. The monoisotopic (exact) mass is 270 g/mol. The van der Waals surface area contributed by atoms with Crippen molar-refractivity contribution in [3.05, 3.63) is 57.7 Å². The number of fused-ring (bicyclic) bond motifs is 1. The van der Waals surface area contributed by atoms with E-state index in [4.69, 9.17) is 0 Å². The van der Waals surface area contributed by atoms with Crippen LogP contribution in [0.2, 0.25) is 0 Å². The molecule has 0 aliphatic heterocycles. The second-order valence-corrected chi connectivity index (χ2v) is 5.78. The summed E-state index contributed by atoms with van der Waals surface area (Å²) in [5.74, 6) is 0. The van der Waals surface area contributed by atoms with Crippen LogP contribution in [0.1, 0.15) is 27.2 Å². The highest BCUT2D eigenvalue weighted by Gasteiger charge is 2.17. The highest BCUT2D eigenvalue weighted by Crippen LogP contribution is 2.30. The molecular weight excluding hydrogens is 256 g/mol. The van der Waals surface area contributed by atoms with Crippen LogP contribution in [0.4, 0.5) is 0 Å². The molecule has 1 unspecified atom stereocenters. The van der Waals surface area contributed by atoms with Crippen LogP contribution >= 0.6 is 11.3 Å². The molecule has 0 aliphatic carbocycles. The Morgan fingerprint density at radius 3 is 2.79 bits per heavy atom. The molecule has 1 atom stereocenters. The molecule has 96 valence electrons. The first-order valence-electron chi connectivity index (χ1n) is 6.12. The standard InChI is InChI=1S/C15H14N2OS/c1-9-15(19-10(2)17-9)14(18)12-5-6-13-11(8-12)4-3-7-16-13/h3-8,14,18H,1-2H3. The lowest BCUT2D eigenvalue weighted by atomic mass is 10.0. The van der Waals surface area contributed by atoms with Crippen molar-refractivity contribution in [1.29, 1.82) is 0 Å². The molecule has 0 fully saturated rings. The molecule has 3 rings (SSSR count). The van der Waals surface area contributed by atoms with Crippen molar-refractivity contribution in [2.24, 2.45) is 0 Å². The predicted molar refractivity (Wildman–Crippen MR) is 77.4 cm³/mol. The molecule has 1 N–H and O–H groups in total. The normalized spacial score (nSPS) is 12.8. The minimum absolute atomic E-state index is 0.615. The molecule has 0 amide bonds. The Labute approximate surface area is 115 Å². The molecule has 0 saturated heterocycles. The van der Waals surface area contributed by atoms with Crippen LogP contribution in [0.15, 0.2) is 36.5 Å². The van der Waals surface area contributed by atoms with Gasteiger partial charge in [-0.25, -0.2) is 4.98 Å². The van der Waals surface area contributed by atoms with Crippen LogP contribution < -0.4 is 0 Å². The zero-order valence-electron chi connectivity index (χ0n) is 10.8. The molecule has 1 aromatic carbocycles. The summed E-state index contributed by atoms with van der Waals surface area (Å²) < 4.78 is 0. The molecule has 0 spiro atoms. The predicted octanol–water partition coefficient (Wildman–Crippen LogP) is 3.39. The summed E-state index contributed by atoms with van der Waals surface area (Å²) in [6, 6.07) is 9.76. The summed E-state index contributed by atoms with van der Waals surface area (Å²) in [6.45, 7) is 3.89. The molecule has 0 aliphatic rings. The number of benzene rings is 1. The van der Waals surface area contributed by atoms with Gasteiger partial charge < -0.3 is 5.11 Å². The molecule has 0 radical (unpaired) electrons. The summed E-state index contributed by atoms with van der Waals surface area (Å²) in [4.78, 5) is 9.57. The fraction of sp³-hybridized carbons (Fsp3) is 0.200. The first-order valence-corrected chi connectivity index (χ1v) is 6.93. The fourth-order valence-electron chi connectivity index (χ4n) is 2.22. The molecule has 3 aromatic rings. The summed E-state index contributed by atoms with van der Waals surface area (Å²) in [6.07, 6.45) is 1.16. The van der Waals surface area contributed by atoms with E-state index in [0.717, 1.165) is 32.0 Å². The first-order chi connectivity index (χ1) is 9.15. The van der Waals surface area contributed by atoms with Gasteiger partial charge in [-0.3, -0.25) is 4.98 Å². The Kier molecular flexibility index (Phi) is 3.05. The zero-order chi connectivity index (χ0) is 13.4. The van der Waals surface area contributed by atoms with E-state index in [1.807, 2.05) is 44.2 Å². The van der Waals surface area contributed by atoms with Crippen molar-refractivity contribution in [2.45, 2.75) is 20.0 Å². The van der Waals surface area contributed by atoms with E-state index < -0.39 is 6.10 Å². The number of hydrogen-bond acceptors (Lipinski definition) is 4. The van der Waals surface area contributed by atoms with Gasteiger partial charge in [0.2, 0.25) is 0 Å².